The number of unbranched alkanes of at least 4 members (excludes halogenated alkanes) is 1. The molecule has 3 nitrogen and oxygen atoms in total. The van der Waals surface area contributed by atoms with Crippen molar-refractivity contribution in [2.45, 2.75) is 33.1 Å². The third-order valence-corrected chi connectivity index (χ3v) is 3.64. The minimum Gasteiger partial charge on any atom is -0.331 e. The third kappa shape index (κ3) is 5.83. The van der Waals surface area contributed by atoms with Crippen LogP contribution in [-0.2, 0) is 0 Å². The molecule has 4 heteroatoms. The third-order valence-electron chi connectivity index (χ3n) is 3.44. The Kier molecular flexibility index (Phi) is 6.76. The van der Waals surface area contributed by atoms with Crippen LogP contribution >= 0.6 is 12.2 Å². The molecule has 0 atom stereocenters. The number of nitrogens with zero attached hydrogens (tertiary/aromatic N) is 1. The molecule has 0 spiro atoms. The van der Waals surface area contributed by atoms with E-state index in [-0.39, 0.29) is 0 Å². The molecule has 0 aliphatic heterocycles. The van der Waals surface area contributed by atoms with E-state index in [0.29, 0.717) is 5.11 Å². The van der Waals surface area contributed by atoms with E-state index in [2.05, 4.69) is 47.9 Å². The van der Waals surface area contributed by atoms with Crippen LogP contribution in [0.4, 0.5) is 5.69 Å². The molecule has 0 saturated heterocycles. The normalized spacial score (nSPS) is 11.1. The first-order valence-electron chi connectivity index (χ1n) is 7.94. The van der Waals surface area contributed by atoms with Gasteiger partial charge in [-0.3, -0.25) is 5.43 Å². The first kappa shape index (κ1) is 17.2. The number of rotatable bonds is 6. The summed E-state index contributed by atoms with van der Waals surface area (Å²) >= 11 is 5.33. The lowest BCUT2D eigenvalue weighted by molar-refractivity contribution is 0.828. The van der Waals surface area contributed by atoms with Crippen LogP contribution < -0.4 is 10.7 Å². The van der Waals surface area contributed by atoms with Gasteiger partial charge >= 0.3 is 0 Å². The maximum Gasteiger partial charge on any atom is 0.191 e. The SMILES string of the molecule is CCCCC(=NNC(=S)Nc1cccc(C)c1)c1ccccc1. The molecular weight excluding hydrogens is 302 g/mol. The number of thiocarbonyl (C=S) groups is 1. The quantitative estimate of drug-likeness (QED) is 0.452. The monoisotopic (exact) mass is 325 g/mol. The number of hydrazone groups is 1. The maximum atomic E-state index is 5.33. The van der Waals surface area contributed by atoms with E-state index in [0.717, 1.165) is 36.2 Å². The van der Waals surface area contributed by atoms with Gasteiger partial charge in [0, 0.05) is 5.69 Å². The Morgan fingerprint density at radius 1 is 1.09 bits per heavy atom. The molecule has 0 aliphatic rings. The Morgan fingerprint density at radius 2 is 1.87 bits per heavy atom. The predicted octanol–water partition coefficient (Wildman–Crippen LogP) is 4.88. The highest BCUT2D eigenvalue weighted by atomic mass is 32.1. The van der Waals surface area contributed by atoms with Gasteiger partial charge in [0.1, 0.15) is 0 Å². The zero-order valence-electron chi connectivity index (χ0n) is 13.7. The van der Waals surface area contributed by atoms with Gasteiger partial charge in [-0.05, 0) is 55.2 Å². The zero-order chi connectivity index (χ0) is 16.5. The van der Waals surface area contributed by atoms with Gasteiger partial charge in [-0.15, -0.1) is 0 Å². The fraction of sp³-hybridized carbons (Fsp3) is 0.263. The van der Waals surface area contributed by atoms with Crippen molar-refractivity contribution in [3.05, 3.63) is 65.7 Å². The summed E-state index contributed by atoms with van der Waals surface area (Å²) in [7, 11) is 0. The molecule has 0 bridgehead atoms. The van der Waals surface area contributed by atoms with Crippen molar-refractivity contribution in [2.24, 2.45) is 5.10 Å². The molecule has 0 unspecified atom stereocenters. The second kappa shape index (κ2) is 9.06. The highest BCUT2D eigenvalue weighted by Crippen LogP contribution is 2.10. The molecule has 0 aromatic heterocycles. The van der Waals surface area contributed by atoms with E-state index < -0.39 is 0 Å². The summed E-state index contributed by atoms with van der Waals surface area (Å²) in [6, 6.07) is 18.3. The Bertz CT molecular complexity index is 665. The highest BCUT2D eigenvalue weighted by molar-refractivity contribution is 7.80. The van der Waals surface area contributed by atoms with Crippen LogP contribution in [0.1, 0.15) is 37.3 Å². The van der Waals surface area contributed by atoms with Crippen molar-refractivity contribution < 1.29 is 0 Å². The molecular formula is C19H23N3S. The van der Waals surface area contributed by atoms with Crippen molar-refractivity contribution >= 4 is 28.7 Å². The van der Waals surface area contributed by atoms with Crippen LogP contribution in [0.5, 0.6) is 0 Å². The van der Waals surface area contributed by atoms with E-state index >= 15 is 0 Å². The van der Waals surface area contributed by atoms with Crippen molar-refractivity contribution in [3.63, 3.8) is 0 Å². The summed E-state index contributed by atoms with van der Waals surface area (Å²) in [6.07, 6.45) is 3.17. The second-order valence-corrected chi connectivity index (χ2v) is 5.87. The Morgan fingerprint density at radius 3 is 2.57 bits per heavy atom. The standard InChI is InChI=1S/C19H23N3S/c1-3-4-13-18(16-10-6-5-7-11-16)21-22-19(23)20-17-12-8-9-15(2)14-17/h5-12,14H,3-4,13H2,1-2H3,(H2,20,22,23). The van der Waals surface area contributed by atoms with Gasteiger partial charge in [0.05, 0.1) is 5.71 Å². The average molecular weight is 325 g/mol. The van der Waals surface area contributed by atoms with Gasteiger partial charge in [-0.2, -0.15) is 5.10 Å². The minimum atomic E-state index is 0.500. The molecule has 2 aromatic rings. The van der Waals surface area contributed by atoms with Gasteiger partial charge in [0.2, 0.25) is 0 Å². The summed E-state index contributed by atoms with van der Waals surface area (Å²) in [4.78, 5) is 0. The summed E-state index contributed by atoms with van der Waals surface area (Å²) in [5.41, 5.74) is 7.28. The first-order valence-corrected chi connectivity index (χ1v) is 8.35. The van der Waals surface area contributed by atoms with Crippen LogP contribution in [0.2, 0.25) is 0 Å². The molecule has 0 fully saturated rings. The fourth-order valence-corrected chi connectivity index (χ4v) is 2.40. The van der Waals surface area contributed by atoms with Gasteiger partial charge < -0.3 is 5.32 Å². The lowest BCUT2D eigenvalue weighted by Crippen LogP contribution is -2.25. The van der Waals surface area contributed by atoms with Crippen LogP contribution in [0.3, 0.4) is 0 Å². The molecule has 23 heavy (non-hydrogen) atoms. The van der Waals surface area contributed by atoms with Gasteiger partial charge in [0.15, 0.2) is 5.11 Å². The van der Waals surface area contributed by atoms with Crippen molar-refractivity contribution in [3.8, 4) is 0 Å². The molecule has 2 aromatic carbocycles. The Hall–Kier alpha value is -2.20. The van der Waals surface area contributed by atoms with Crippen LogP contribution in [0.15, 0.2) is 59.7 Å². The van der Waals surface area contributed by atoms with E-state index in [4.69, 9.17) is 12.2 Å². The average Bonchev–Trinajstić information content (AvgIpc) is 2.56. The number of nitrogens with one attached hydrogen (secondary N) is 2. The number of aryl methyl sites for hydroxylation is 1. The van der Waals surface area contributed by atoms with Gasteiger partial charge in [-0.25, -0.2) is 0 Å². The van der Waals surface area contributed by atoms with Gasteiger partial charge in [0.25, 0.3) is 0 Å². The largest absolute Gasteiger partial charge is 0.331 e. The number of anilines is 1. The first-order chi connectivity index (χ1) is 11.2. The van der Waals surface area contributed by atoms with Crippen LogP contribution in [0.25, 0.3) is 0 Å². The minimum absolute atomic E-state index is 0.500. The highest BCUT2D eigenvalue weighted by Gasteiger charge is 2.04. The smallest absolute Gasteiger partial charge is 0.191 e. The molecule has 2 rings (SSSR count). The topological polar surface area (TPSA) is 36.4 Å². The van der Waals surface area contributed by atoms with E-state index in [1.807, 2.05) is 36.4 Å². The van der Waals surface area contributed by atoms with E-state index in [9.17, 15) is 0 Å². The molecule has 0 heterocycles. The summed E-state index contributed by atoms with van der Waals surface area (Å²) in [5, 5.41) is 8.17. The summed E-state index contributed by atoms with van der Waals surface area (Å²) in [5.74, 6) is 0. The van der Waals surface area contributed by atoms with E-state index in [1.54, 1.807) is 0 Å². The summed E-state index contributed by atoms with van der Waals surface area (Å²) < 4.78 is 0. The lowest BCUT2D eigenvalue weighted by Gasteiger charge is -2.10. The molecule has 0 aliphatic carbocycles. The molecule has 120 valence electrons. The molecule has 2 N–H and O–H groups in total. The number of hydrogen-bond donors (Lipinski definition) is 2. The van der Waals surface area contributed by atoms with Crippen LogP contribution in [-0.4, -0.2) is 10.8 Å². The van der Waals surface area contributed by atoms with Crippen molar-refractivity contribution in [2.75, 3.05) is 5.32 Å². The van der Waals surface area contributed by atoms with Crippen molar-refractivity contribution in [1.82, 2.24) is 5.43 Å². The Labute approximate surface area is 143 Å². The molecule has 0 amide bonds. The number of hydrogen-bond acceptors (Lipinski definition) is 2. The second-order valence-electron chi connectivity index (χ2n) is 5.46. The lowest BCUT2D eigenvalue weighted by atomic mass is 10.1. The fourth-order valence-electron chi connectivity index (χ4n) is 2.24. The maximum absolute atomic E-state index is 5.33. The summed E-state index contributed by atoms with van der Waals surface area (Å²) in [6.45, 7) is 4.23. The van der Waals surface area contributed by atoms with Crippen molar-refractivity contribution in [1.29, 1.82) is 0 Å². The molecule has 0 saturated carbocycles. The zero-order valence-corrected chi connectivity index (χ0v) is 14.5. The number of benzene rings is 2. The van der Waals surface area contributed by atoms with Gasteiger partial charge in [-0.1, -0.05) is 55.8 Å². The molecule has 0 radical (unpaired) electrons. The van der Waals surface area contributed by atoms with E-state index in [1.165, 1.54) is 5.56 Å². The van der Waals surface area contributed by atoms with Crippen LogP contribution in [0, 0.1) is 6.92 Å². The Balaban J connectivity index is 2.03. The predicted molar refractivity (Wildman–Crippen MR) is 103 cm³/mol.